The van der Waals surface area contributed by atoms with Gasteiger partial charge < -0.3 is 19.2 Å². The Morgan fingerprint density at radius 1 is 1.06 bits per heavy atom. The fourth-order valence-electron chi connectivity index (χ4n) is 3.47. The summed E-state index contributed by atoms with van der Waals surface area (Å²) >= 11 is 0. The van der Waals surface area contributed by atoms with Crippen LogP contribution in [0.3, 0.4) is 0 Å². The van der Waals surface area contributed by atoms with Crippen LogP contribution in [0, 0.1) is 0 Å². The fraction of sp³-hybridized carbons (Fsp3) is 0.346. The Labute approximate surface area is 184 Å². The standard InChI is InChI=1S/C26H31NO4/c1-5-8-13-27-26(28)14-18(4)21-15-22-23(17-31-25(22)16-24(21)30-7-3)19-9-11-20(12-10-19)29-6-2/h9-12,14-17H,5-8,13H2,1-4H3,(H,27,28)/b18-14+. The lowest BCUT2D eigenvalue weighted by Crippen LogP contribution is -2.22. The van der Waals surface area contributed by atoms with Crippen LogP contribution in [0.2, 0.25) is 0 Å². The smallest absolute Gasteiger partial charge is 0.244 e. The van der Waals surface area contributed by atoms with Crippen molar-refractivity contribution in [1.82, 2.24) is 5.32 Å². The van der Waals surface area contributed by atoms with Crippen LogP contribution < -0.4 is 14.8 Å². The van der Waals surface area contributed by atoms with Crippen LogP contribution in [0.15, 0.2) is 53.2 Å². The minimum absolute atomic E-state index is 0.0903. The largest absolute Gasteiger partial charge is 0.494 e. The molecule has 0 spiro atoms. The predicted octanol–water partition coefficient (Wildman–Crippen LogP) is 6.22. The van der Waals surface area contributed by atoms with Crippen LogP contribution in [0.25, 0.3) is 27.7 Å². The summed E-state index contributed by atoms with van der Waals surface area (Å²) < 4.78 is 17.2. The maximum absolute atomic E-state index is 12.3. The lowest BCUT2D eigenvalue weighted by atomic mass is 9.99. The van der Waals surface area contributed by atoms with E-state index in [1.54, 1.807) is 12.3 Å². The minimum Gasteiger partial charge on any atom is -0.494 e. The van der Waals surface area contributed by atoms with Gasteiger partial charge in [-0.25, -0.2) is 0 Å². The second-order valence-corrected chi connectivity index (χ2v) is 7.36. The van der Waals surface area contributed by atoms with Crippen LogP contribution in [0.5, 0.6) is 11.5 Å². The SMILES string of the molecule is CCCCNC(=O)/C=C(\C)c1cc2c(-c3ccc(OCC)cc3)coc2cc1OCC. The molecule has 0 aliphatic carbocycles. The molecule has 0 aliphatic rings. The molecule has 1 N–H and O–H groups in total. The third kappa shape index (κ3) is 5.48. The van der Waals surface area contributed by atoms with Crippen molar-refractivity contribution in [2.24, 2.45) is 0 Å². The molecule has 3 aromatic rings. The van der Waals surface area contributed by atoms with E-state index >= 15 is 0 Å². The van der Waals surface area contributed by atoms with E-state index in [-0.39, 0.29) is 5.91 Å². The summed E-state index contributed by atoms with van der Waals surface area (Å²) in [5.41, 5.74) is 4.50. The molecule has 164 valence electrons. The number of furan rings is 1. The first-order valence-electron chi connectivity index (χ1n) is 10.9. The average molecular weight is 422 g/mol. The average Bonchev–Trinajstić information content (AvgIpc) is 3.17. The van der Waals surface area contributed by atoms with Gasteiger partial charge in [-0.2, -0.15) is 0 Å². The summed E-state index contributed by atoms with van der Waals surface area (Å²) in [5, 5.41) is 3.91. The molecule has 2 aromatic carbocycles. The zero-order chi connectivity index (χ0) is 22.2. The topological polar surface area (TPSA) is 60.7 Å². The Hall–Kier alpha value is -3.21. The number of fused-ring (bicyclic) bond motifs is 1. The fourth-order valence-corrected chi connectivity index (χ4v) is 3.47. The number of unbranched alkanes of at least 4 members (excludes halogenated alkanes) is 1. The second kappa shape index (κ2) is 10.7. The molecule has 1 aromatic heterocycles. The van der Waals surface area contributed by atoms with Crippen LogP contribution in [-0.2, 0) is 4.79 Å². The number of nitrogens with one attached hydrogen (secondary N) is 1. The Morgan fingerprint density at radius 3 is 2.48 bits per heavy atom. The van der Waals surface area contributed by atoms with Crippen molar-refractivity contribution in [2.75, 3.05) is 19.8 Å². The molecule has 0 radical (unpaired) electrons. The molecule has 0 bridgehead atoms. The molecule has 0 atom stereocenters. The zero-order valence-corrected chi connectivity index (χ0v) is 18.8. The van der Waals surface area contributed by atoms with Gasteiger partial charge in [0.1, 0.15) is 17.1 Å². The monoisotopic (exact) mass is 421 g/mol. The van der Waals surface area contributed by atoms with Gasteiger partial charge in [-0.1, -0.05) is 25.5 Å². The number of amides is 1. The van der Waals surface area contributed by atoms with E-state index in [0.717, 1.165) is 51.8 Å². The summed E-state index contributed by atoms with van der Waals surface area (Å²) in [6, 6.07) is 11.9. The predicted molar refractivity (Wildman–Crippen MR) is 126 cm³/mol. The van der Waals surface area contributed by atoms with Gasteiger partial charge in [0.15, 0.2) is 0 Å². The molecule has 5 nitrogen and oxygen atoms in total. The Kier molecular flexibility index (Phi) is 7.76. The summed E-state index contributed by atoms with van der Waals surface area (Å²) in [6.45, 7) is 9.78. The van der Waals surface area contributed by atoms with E-state index in [1.807, 2.05) is 57.2 Å². The maximum atomic E-state index is 12.3. The first kappa shape index (κ1) is 22.5. The van der Waals surface area contributed by atoms with Crippen molar-refractivity contribution < 1.29 is 18.7 Å². The highest BCUT2D eigenvalue weighted by Gasteiger charge is 2.15. The van der Waals surface area contributed by atoms with E-state index in [2.05, 4.69) is 12.2 Å². The van der Waals surface area contributed by atoms with Crippen LogP contribution in [0.1, 0.15) is 46.1 Å². The van der Waals surface area contributed by atoms with Crippen LogP contribution >= 0.6 is 0 Å². The molecule has 5 heteroatoms. The molecular weight excluding hydrogens is 390 g/mol. The maximum Gasteiger partial charge on any atom is 0.244 e. The van der Waals surface area contributed by atoms with E-state index < -0.39 is 0 Å². The number of allylic oxidation sites excluding steroid dienone is 1. The third-order valence-corrected chi connectivity index (χ3v) is 5.05. The lowest BCUT2D eigenvalue weighted by molar-refractivity contribution is -0.116. The van der Waals surface area contributed by atoms with Gasteiger partial charge in [-0.3, -0.25) is 4.79 Å². The molecule has 0 aliphatic heterocycles. The van der Waals surface area contributed by atoms with E-state index in [1.165, 1.54) is 0 Å². The molecular formula is C26H31NO4. The molecule has 0 fully saturated rings. The number of hydrogen-bond acceptors (Lipinski definition) is 4. The highest BCUT2D eigenvalue weighted by Crippen LogP contribution is 2.37. The first-order chi connectivity index (χ1) is 15.1. The number of rotatable bonds is 10. The normalized spacial score (nSPS) is 11.5. The van der Waals surface area contributed by atoms with Gasteiger partial charge in [-0.05, 0) is 56.5 Å². The lowest BCUT2D eigenvalue weighted by Gasteiger charge is -2.12. The number of hydrogen-bond donors (Lipinski definition) is 1. The molecule has 0 saturated carbocycles. The van der Waals surface area contributed by atoms with Gasteiger partial charge in [0, 0.05) is 35.2 Å². The number of benzene rings is 2. The summed E-state index contributed by atoms with van der Waals surface area (Å²) in [6.07, 6.45) is 5.41. The highest BCUT2D eigenvalue weighted by atomic mass is 16.5. The molecule has 0 unspecified atom stereocenters. The summed E-state index contributed by atoms with van der Waals surface area (Å²) in [7, 11) is 0. The van der Waals surface area contributed by atoms with Crippen molar-refractivity contribution in [3.8, 4) is 22.6 Å². The number of ether oxygens (including phenoxy) is 2. The summed E-state index contributed by atoms with van der Waals surface area (Å²) in [5.74, 6) is 1.45. The molecule has 0 saturated heterocycles. The van der Waals surface area contributed by atoms with Gasteiger partial charge in [0.05, 0.1) is 19.5 Å². The highest BCUT2D eigenvalue weighted by molar-refractivity contribution is 6.00. The number of carbonyl (C=O) groups is 1. The van der Waals surface area contributed by atoms with Crippen molar-refractivity contribution in [3.63, 3.8) is 0 Å². The van der Waals surface area contributed by atoms with Crippen molar-refractivity contribution in [2.45, 2.75) is 40.5 Å². The van der Waals surface area contributed by atoms with Gasteiger partial charge >= 0.3 is 0 Å². The van der Waals surface area contributed by atoms with Crippen molar-refractivity contribution in [3.05, 3.63) is 54.3 Å². The van der Waals surface area contributed by atoms with E-state index in [4.69, 9.17) is 13.9 Å². The van der Waals surface area contributed by atoms with E-state index in [9.17, 15) is 4.79 Å². The Morgan fingerprint density at radius 2 is 1.81 bits per heavy atom. The zero-order valence-electron chi connectivity index (χ0n) is 18.8. The third-order valence-electron chi connectivity index (χ3n) is 5.05. The van der Waals surface area contributed by atoms with Gasteiger partial charge in [0.2, 0.25) is 5.91 Å². The van der Waals surface area contributed by atoms with Crippen LogP contribution in [-0.4, -0.2) is 25.7 Å². The first-order valence-corrected chi connectivity index (χ1v) is 10.9. The Balaban J connectivity index is 1.99. The molecule has 1 heterocycles. The van der Waals surface area contributed by atoms with E-state index in [0.29, 0.717) is 25.5 Å². The number of carbonyl (C=O) groups excluding carboxylic acids is 1. The van der Waals surface area contributed by atoms with Crippen molar-refractivity contribution in [1.29, 1.82) is 0 Å². The Bertz CT molecular complexity index is 1050. The molecule has 3 rings (SSSR count). The quantitative estimate of drug-likeness (QED) is 0.312. The molecule has 1 amide bonds. The van der Waals surface area contributed by atoms with Gasteiger partial charge in [-0.15, -0.1) is 0 Å². The molecule has 31 heavy (non-hydrogen) atoms. The summed E-state index contributed by atoms with van der Waals surface area (Å²) in [4.78, 5) is 12.3. The second-order valence-electron chi connectivity index (χ2n) is 7.36. The van der Waals surface area contributed by atoms with Crippen LogP contribution in [0.4, 0.5) is 0 Å². The van der Waals surface area contributed by atoms with Gasteiger partial charge in [0.25, 0.3) is 0 Å². The minimum atomic E-state index is -0.0903. The van der Waals surface area contributed by atoms with Crippen molar-refractivity contribution >= 4 is 22.4 Å².